The average Bonchev–Trinajstić information content (AvgIpc) is 2.44. The summed E-state index contributed by atoms with van der Waals surface area (Å²) >= 11 is 0. The summed E-state index contributed by atoms with van der Waals surface area (Å²) in [5.74, 6) is 0. The zero-order valence-corrected chi connectivity index (χ0v) is 13.7. The summed E-state index contributed by atoms with van der Waals surface area (Å²) in [5, 5.41) is 0. The maximum Gasteiger partial charge on any atom is 0.129 e. The van der Waals surface area contributed by atoms with Gasteiger partial charge in [0.05, 0.1) is 39.3 Å². The molecule has 0 bridgehead atoms. The van der Waals surface area contributed by atoms with Crippen LogP contribution in [0.15, 0.2) is 0 Å². The monoisotopic (exact) mass is 260 g/mol. The van der Waals surface area contributed by atoms with Gasteiger partial charge in [0.2, 0.25) is 0 Å². The topological polar surface area (TPSA) is 9.23 Å². The molecule has 0 aromatic heterocycles. The van der Waals surface area contributed by atoms with Crippen LogP contribution in [0, 0.1) is 0 Å². The molecule has 0 radical (unpaired) electrons. The Hall–Kier alpha value is -0.120. The molecule has 0 N–H and O–H groups in total. The van der Waals surface area contributed by atoms with E-state index in [1.54, 1.807) is 0 Å². The lowest BCUT2D eigenvalue weighted by atomic mass is 10.2. The van der Waals surface area contributed by atoms with E-state index in [0.717, 1.165) is 13.2 Å². The highest BCUT2D eigenvalue weighted by Gasteiger charge is 2.29. The third-order valence-electron chi connectivity index (χ3n) is 5.17. The maximum absolute atomic E-state index is 5.29. The van der Waals surface area contributed by atoms with E-state index < -0.39 is 0 Å². The molecule has 3 nitrogen and oxygen atoms in total. The van der Waals surface area contributed by atoms with Crippen molar-refractivity contribution >= 4 is 0 Å². The molecule has 18 heavy (non-hydrogen) atoms. The van der Waals surface area contributed by atoms with Gasteiger partial charge in [0.1, 0.15) is 19.6 Å². The van der Waals surface area contributed by atoms with E-state index in [1.807, 2.05) is 7.11 Å². The van der Waals surface area contributed by atoms with Crippen molar-refractivity contribution in [3.8, 4) is 0 Å². The zero-order valence-electron chi connectivity index (χ0n) is 13.7. The number of ether oxygens (including phenoxy) is 1. The lowest BCUT2D eigenvalue weighted by molar-refractivity contribution is -0.977. The summed E-state index contributed by atoms with van der Waals surface area (Å²) in [5.41, 5.74) is 0. The van der Waals surface area contributed by atoms with E-state index >= 15 is 0 Å². The van der Waals surface area contributed by atoms with Crippen LogP contribution in [0.4, 0.5) is 0 Å². The first-order valence-electron chi connectivity index (χ1n) is 7.76. The summed E-state index contributed by atoms with van der Waals surface area (Å²) in [6.07, 6.45) is 0. The quantitative estimate of drug-likeness (QED) is 0.518. The first-order chi connectivity index (χ1) is 8.57. The van der Waals surface area contributed by atoms with Crippen LogP contribution < -0.4 is 0 Å². The van der Waals surface area contributed by atoms with Crippen molar-refractivity contribution in [1.29, 1.82) is 0 Å². The third kappa shape index (κ3) is 4.87. The smallest absolute Gasteiger partial charge is 0.129 e. The number of rotatable bonds is 11. The lowest BCUT2D eigenvalue weighted by Crippen LogP contribution is -2.58. The lowest BCUT2D eigenvalue weighted by Gasteiger charge is -2.42. The Kier molecular flexibility index (Phi) is 8.83. The largest absolute Gasteiger partial charge is 0.379 e. The van der Waals surface area contributed by atoms with Gasteiger partial charge < -0.3 is 13.7 Å². The fraction of sp³-hybridized carbons (Fsp3) is 1.00. The zero-order chi connectivity index (χ0) is 14.1. The summed E-state index contributed by atoms with van der Waals surface area (Å²) < 4.78 is 7.75. The average molecular weight is 260 g/mol. The number of methoxy groups -OCH3 is 1. The highest BCUT2D eigenvalue weighted by atomic mass is 16.5. The molecule has 3 heteroatoms. The van der Waals surface area contributed by atoms with E-state index in [-0.39, 0.29) is 0 Å². The normalized spacial score (nSPS) is 13.0. The Morgan fingerprint density at radius 2 is 1.00 bits per heavy atom. The number of hydrogen-bond donors (Lipinski definition) is 0. The van der Waals surface area contributed by atoms with Gasteiger partial charge in [0.25, 0.3) is 0 Å². The molecule has 0 saturated carbocycles. The second-order valence-electron chi connectivity index (χ2n) is 5.43. The Labute approximate surface area is 115 Å². The molecular weight excluding hydrogens is 224 g/mol. The molecule has 0 aromatic carbocycles. The van der Waals surface area contributed by atoms with E-state index in [0.29, 0.717) is 0 Å². The van der Waals surface area contributed by atoms with Gasteiger partial charge in [0.15, 0.2) is 0 Å². The minimum atomic E-state index is 0.881. The van der Waals surface area contributed by atoms with Crippen molar-refractivity contribution in [1.82, 2.24) is 0 Å². The van der Waals surface area contributed by atoms with Crippen LogP contribution in [0.2, 0.25) is 0 Å². The molecule has 0 spiro atoms. The van der Waals surface area contributed by atoms with Gasteiger partial charge in [0, 0.05) is 7.11 Å². The molecule has 0 aromatic rings. The molecule has 0 saturated heterocycles. The predicted molar refractivity (Wildman–Crippen MR) is 79.7 cm³/mol. The highest BCUT2D eigenvalue weighted by Crippen LogP contribution is 2.12. The first kappa shape index (κ1) is 17.9. The molecule has 0 heterocycles. The van der Waals surface area contributed by atoms with Crippen molar-refractivity contribution in [3.63, 3.8) is 0 Å². The van der Waals surface area contributed by atoms with Crippen LogP contribution in [0.5, 0.6) is 0 Å². The van der Waals surface area contributed by atoms with Gasteiger partial charge >= 0.3 is 0 Å². The van der Waals surface area contributed by atoms with E-state index in [2.05, 4.69) is 34.6 Å². The van der Waals surface area contributed by atoms with E-state index in [1.165, 1.54) is 54.8 Å². The van der Waals surface area contributed by atoms with Crippen LogP contribution in [-0.2, 0) is 4.74 Å². The molecule has 0 atom stereocenters. The summed E-state index contributed by atoms with van der Waals surface area (Å²) in [7, 11) is 1.81. The van der Waals surface area contributed by atoms with Gasteiger partial charge in [-0.1, -0.05) is 0 Å². The Balaban J connectivity index is 4.58. The number of nitrogens with zero attached hydrogens (tertiary/aromatic N) is 2. The van der Waals surface area contributed by atoms with Crippen LogP contribution in [0.1, 0.15) is 34.6 Å². The van der Waals surface area contributed by atoms with Gasteiger partial charge in [-0.15, -0.1) is 0 Å². The van der Waals surface area contributed by atoms with Gasteiger partial charge in [-0.25, -0.2) is 0 Å². The SMILES string of the molecule is CC[N+](CC)(CC)CC[N+](CC)(CC)CCOC. The molecular formula is C15H36N2O+2. The minimum absolute atomic E-state index is 0.881. The molecule has 0 unspecified atom stereocenters. The molecule has 0 aliphatic heterocycles. The Morgan fingerprint density at radius 1 is 0.611 bits per heavy atom. The van der Waals surface area contributed by atoms with Gasteiger partial charge in [-0.2, -0.15) is 0 Å². The molecule has 0 aliphatic carbocycles. The molecule has 0 fully saturated rings. The molecule has 0 amide bonds. The first-order valence-corrected chi connectivity index (χ1v) is 7.76. The van der Waals surface area contributed by atoms with Gasteiger partial charge in [-0.3, -0.25) is 0 Å². The fourth-order valence-corrected chi connectivity index (χ4v) is 2.82. The summed E-state index contributed by atoms with van der Waals surface area (Å²) in [6, 6.07) is 0. The highest BCUT2D eigenvalue weighted by molar-refractivity contribution is 4.45. The Bertz CT molecular complexity index is 190. The van der Waals surface area contributed by atoms with Crippen molar-refractivity contribution < 1.29 is 13.7 Å². The molecule has 0 rings (SSSR count). The fourth-order valence-electron chi connectivity index (χ4n) is 2.82. The molecule has 0 aliphatic rings. The second-order valence-corrected chi connectivity index (χ2v) is 5.43. The maximum atomic E-state index is 5.29. The van der Waals surface area contributed by atoms with E-state index in [4.69, 9.17) is 4.74 Å². The van der Waals surface area contributed by atoms with Crippen LogP contribution >= 0.6 is 0 Å². The van der Waals surface area contributed by atoms with Crippen LogP contribution in [0.25, 0.3) is 0 Å². The number of likely N-dealkylation sites (N-methyl/N-ethyl adjacent to an activating group) is 2. The summed E-state index contributed by atoms with van der Waals surface area (Å²) in [4.78, 5) is 0. The van der Waals surface area contributed by atoms with Crippen molar-refractivity contribution in [2.45, 2.75) is 34.6 Å². The standard InChI is InChI=1S/C15H36N2O/c1-7-16(8-2,9-3)12-13-17(10-4,11-5)14-15-18-6/h7-15H2,1-6H3/q+2. The van der Waals surface area contributed by atoms with Gasteiger partial charge in [-0.05, 0) is 34.6 Å². The number of quaternary nitrogens is 2. The van der Waals surface area contributed by atoms with Crippen LogP contribution in [0.3, 0.4) is 0 Å². The number of hydrogen-bond acceptors (Lipinski definition) is 1. The third-order valence-corrected chi connectivity index (χ3v) is 5.17. The summed E-state index contributed by atoms with van der Waals surface area (Å²) in [6.45, 7) is 22.4. The molecule has 110 valence electrons. The van der Waals surface area contributed by atoms with Crippen molar-refractivity contribution in [2.24, 2.45) is 0 Å². The van der Waals surface area contributed by atoms with E-state index in [9.17, 15) is 0 Å². The van der Waals surface area contributed by atoms with Crippen molar-refractivity contribution in [3.05, 3.63) is 0 Å². The minimum Gasteiger partial charge on any atom is -0.379 e. The van der Waals surface area contributed by atoms with Crippen LogP contribution in [-0.4, -0.2) is 75.0 Å². The second kappa shape index (κ2) is 8.89. The van der Waals surface area contributed by atoms with Crippen molar-refractivity contribution in [2.75, 3.05) is 66.1 Å². The predicted octanol–water partition coefficient (Wildman–Crippen LogP) is 2.37. The Morgan fingerprint density at radius 3 is 1.33 bits per heavy atom.